The molecule has 0 saturated carbocycles. The highest BCUT2D eigenvalue weighted by atomic mass is 15.1. The maximum Gasteiger partial charge on any atom is 0.0106 e. The molecule has 0 spiro atoms. The molecule has 0 aliphatic heterocycles. The number of rotatable bonds is 5. The molecule has 0 radical (unpaired) electrons. The van der Waals surface area contributed by atoms with Crippen molar-refractivity contribution in [3.05, 3.63) is 0 Å². The van der Waals surface area contributed by atoms with E-state index >= 15 is 0 Å². The highest BCUT2D eigenvalue weighted by Gasteiger charge is 2.03. The third-order valence-corrected chi connectivity index (χ3v) is 2.06. The van der Waals surface area contributed by atoms with Crippen molar-refractivity contribution in [1.82, 2.24) is 10.2 Å². The van der Waals surface area contributed by atoms with E-state index in [1.54, 1.807) is 0 Å². The second-order valence-electron chi connectivity index (χ2n) is 2.84. The molecule has 0 aliphatic carbocycles. The summed E-state index contributed by atoms with van der Waals surface area (Å²) in [6.45, 7) is 6.71. The Hall–Kier alpha value is -0.0800. The molecule has 0 aliphatic rings. The first-order valence-electron chi connectivity index (χ1n) is 4.07. The maximum atomic E-state index is 3.14. The van der Waals surface area contributed by atoms with Gasteiger partial charge in [0.15, 0.2) is 0 Å². The molecule has 0 fully saturated rings. The van der Waals surface area contributed by atoms with Gasteiger partial charge in [0.25, 0.3) is 0 Å². The highest BCUT2D eigenvalue weighted by Crippen LogP contribution is 1.97. The molecule has 0 aromatic carbocycles. The second-order valence-corrected chi connectivity index (χ2v) is 2.84. The van der Waals surface area contributed by atoms with Crippen LogP contribution in [0.1, 0.15) is 20.3 Å². The van der Waals surface area contributed by atoms with Crippen molar-refractivity contribution in [2.45, 2.75) is 26.3 Å². The Morgan fingerprint density at radius 1 is 1.50 bits per heavy atom. The Balaban J connectivity index is 3.31. The molecule has 1 N–H and O–H groups in total. The summed E-state index contributed by atoms with van der Waals surface area (Å²) in [5.74, 6) is 0. The van der Waals surface area contributed by atoms with Crippen molar-refractivity contribution in [3.63, 3.8) is 0 Å². The standard InChI is InChI=1S/C8H20N2/c1-5-8(2)10(4)7-6-9-3/h8-9H,5-7H2,1-4H3. The van der Waals surface area contributed by atoms with Gasteiger partial charge in [-0.1, -0.05) is 6.92 Å². The minimum atomic E-state index is 0.716. The number of hydrogen-bond donors (Lipinski definition) is 1. The van der Waals surface area contributed by atoms with Crippen molar-refractivity contribution in [2.75, 3.05) is 27.2 Å². The fourth-order valence-electron chi connectivity index (χ4n) is 0.820. The molecule has 2 nitrogen and oxygen atoms in total. The lowest BCUT2D eigenvalue weighted by Gasteiger charge is -2.22. The van der Waals surface area contributed by atoms with E-state index in [4.69, 9.17) is 0 Å². The molecule has 0 aromatic rings. The van der Waals surface area contributed by atoms with Crippen molar-refractivity contribution in [2.24, 2.45) is 0 Å². The third kappa shape index (κ3) is 3.85. The third-order valence-electron chi connectivity index (χ3n) is 2.06. The monoisotopic (exact) mass is 144 g/mol. The zero-order valence-corrected chi connectivity index (χ0v) is 7.65. The molecule has 0 saturated heterocycles. The van der Waals surface area contributed by atoms with Crippen LogP contribution in [0.4, 0.5) is 0 Å². The van der Waals surface area contributed by atoms with E-state index in [9.17, 15) is 0 Å². The normalized spacial score (nSPS) is 14.1. The topological polar surface area (TPSA) is 15.3 Å². The number of nitrogens with one attached hydrogen (secondary N) is 1. The first-order chi connectivity index (χ1) is 4.72. The maximum absolute atomic E-state index is 3.14. The number of nitrogens with zero attached hydrogens (tertiary/aromatic N) is 1. The van der Waals surface area contributed by atoms with Crippen LogP contribution in [-0.4, -0.2) is 38.1 Å². The molecule has 1 atom stereocenters. The van der Waals surface area contributed by atoms with Gasteiger partial charge < -0.3 is 10.2 Å². The second kappa shape index (κ2) is 5.69. The number of hydrogen-bond acceptors (Lipinski definition) is 2. The van der Waals surface area contributed by atoms with Crippen LogP contribution in [0.25, 0.3) is 0 Å². The molecular weight excluding hydrogens is 124 g/mol. The van der Waals surface area contributed by atoms with E-state index in [-0.39, 0.29) is 0 Å². The lowest BCUT2D eigenvalue weighted by molar-refractivity contribution is 0.254. The van der Waals surface area contributed by atoms with Crippen LogP contribution >= 0.6 is 0 Å². The summed E-state index contributed by atoms with van der Waals surface area (Å²) < 4.78 is 0. The quantitative estimate of drug-likeness (QED) is 0.617. The minimum absolute atomic E-state index is 0.716. The smallest absolute Gasteiger partial charge is 0.0106 e. The summed E-state index contributed by atoms with van der Waals surface area (Å²) in [5.41, 5.74) is 0. The zero-order valence-electron chi connectivity index (χ0n) is 7.65. The van der Waals surface area contributed by atoms with Crippen LogP contribution in [0.5, 0.6) is 0 Å². The first kappa shape index (κ1) is 9.92. The van der Waals surface area contributed by atoms with Crippen molar-refractivity contribution < 1.29 is 0 Å². The fourth-order valence-corrected chi connectivity index (χ4v) is 0.820. The molecule has 62 valence electrons. The Labute approximate surface area is 64.6 Å². The van der Waals surface area contributed by atoms with Crippen LogP contribution in [0.3, 0.4) is 0 Å². The molecule has 0 bridgehead atoms. The van der Waals surface area contributed by atoms with Crippen molar-refractivity contribution >= 4 is 0 Å². The van der Waals surface area contributed by atoms with Crippen LogP contribution in [0.15, 0.2) is 0 Å². The van der Waals surface area contributed by atoms with Gasteiger partial charge in [-0.2, -0.15) is 0 Å². The molecule has 0 aromatic heterocycles. The summed E-state index contributed by atoms with van der Waals surface area (Å²) in [5, 5.41) is 3.14. The van der Waals surface area contributed by atoms with Gasteiger partial charge in [-0.25, -0.2) is 0 Å². The zero-order chi connectivity index (χ0) is 7.98. The predicted molar refractivity (Wildman–Crippen MR) is 46.3 cm³/mol. The van der Waals surface area contributed by atoms with E-state index in [2.05, 4.69) is 31.1 Å². The molecule has 10 heavy (non-hydrogen) atoms. The van der Waals surface area contributed by atoms with E-state index in [0.717, 1.165) is 13.1 Å². The van der Waals surface area contributed by atoms with Gasteiger partial charge in [-0.15, -0.1) is 0 Å². The Morgan fingerprint density at radius 2 is 2.10 bits per heavy atom. The van der Waals surface area contributed by atoms with Crippen LogP contribution in [0.2, 0.25) is 0 Å². The summed E-state index contributed by atoms with van der Waals surface area (Å²) in [4.78, 5) is 2.37. The van der Waals surface area contributed by atoms with E-state index in [1.807, 2.05) is 7.05 Å². The van der Waals surface area contributed by atoms with Crippen LogP contribution in [-0.2, 0) is 0 Å². The SMILES string of the molecule is CCC(C)N(C)CCNC. The van der Waals surface area contributed by atoms with Gasteiger partial charge in [0.05, 0.1) is 0 Å². The van der Waals surface area contributed by atoms with Gasteiger partial charge >= 0.3 is 0 Å². The molecule has 2 heteroatoms. The predicted octanol–water partition coefficient (Wildman–Crippen LogP) is 0.936. The van der Waals surface area contributed by atoms with Crippen LogP contribution in [0, 0.1) is 0 Å². The Morgan fingerprint density at radius 3 is 2.50 bits per heavy atom. The fraction of sp³-hybridized carbons (Fsp3) is 1.00. The summed E-state index contributed by atoms with van der Waals surface area (Å²) >= 11 is 0. The van der Waals surface area contributed by atoms with Gasteiger partial charge in [-0.3, -0.25) is 0 Å². The molecule has 0 heterocycles. The van der Waals surface area contributed by atoms with Gasteiger partial charge in [-0.05, 0) is 27.4 Å². The van der Waals surface area contributed by atoms with E-state index in [1.165, 1.54) is 6.42 Å². The average molecular weight is 144 g/mol. The largest absolute Gasteiger partial charge is 0.318 e. The van der Waals surface area contributed by atoms with E-state index in [0.29, 0.717) is 6.04 Å². The lowest BCUT2D eigenvalue weighted by Crippen LogP contribution is -2.33. The Kier molecular flexibility index (Phi) is 5.64. The molecule has 0 amide bonds. The molecule has 0 rings (SSSR count). The van der Waals surface area contributed by atoms with Crippen molar-refractivity contribution in [3.8, 4) is 0 Å². The average Bonchev–Trinajstić information content (AvgIpc) is 1.98. The summed E-state index contributed by atoms with van der Waals surface area (Å²) in [7, 11) is 4.16. The summed E-state index contributed by atoms with van der Waals surface area (Å²) in [6, 6.07) is 0.716. The molecular formula is C8H20N2. The van der Waals surface area contributed by atoms with Gasteiger partial charge in [0.1, 0.15) is 0 Å². The Bertz CT molecular complexity index is 73.7. The first-order valence-corrected chi connectivity index (χ1v) is 4.07. The van der Waals surface area contributed by atoms with Crippen molar-refractivity contribution in [1.29, 1.82) is 0 Å². The lowest BCUT2D eigenvalue weighted by atomic mass is 10.2. The highest BCUT2D eigenvalue weighted by molar-refractivity contribution is 4.60. The summed E-state index contributed by atoms with van der Waals surface area (Å²) in [6.07, 6.45) is 1.24. The minimum Gasteiger partial charge on any atom is -0.318 e. The van der Waals surface area contributed by atoms with Crippen LogP contribution < -0.4 is 5.32 Å². The molecule has 1 unspecified atom stereocenters. The van der Waals surface area contributed by atoms with E-state index < -0.39 is 0 Å². The van der Waals surface area contributed by atoms with Gasteiger partial charge in [0, 0.05) is 19.1 Å². The van der Waals surface area contributed by atoms with Gasteiger partial charge in [0.2, 0.25) is 0 Å². The number of likely N-dealkylation sites (N-methyl/N-ethyl adjacent to an activating group) is 2.